The second-order valence-corrected chi connectivity index (χ2v) is 4.68. The summed E-state index contributed by atoms with van der Waals surface area (Å²) in [6, 6.07) is 1.73. The maximum absolute atomic E-state index is 11.5. The van der Waals surface area contributed by atoms with E-state index in [1.54, 1.807) is 17.7 Å². The topological polar surface area (TPSA) is 92.9 Å². The van der Waals surface area contributed by atoms with E-state index in [1.807, 2.05) is 20.2 Å². The molecule has 8 nitrogen and oxygen atoms in total. The SMILES string of the molecule is Cc1nn(C)cc1CNc1cc2n[nH]c(=O)n2c(C)n1. The summed E-state index contributed by atoms with van der Waals surface area (Å²) in [4.78, 5) is 15.9. The van der Waals surface area contributed by atoms with E-state index in [0.717, 1.165) is 11.3 Å². The van der Waals surface area contributed by atoms with Crippen LogP contribution in [0.5, 0.6) is 0 Å². The molecule has 104 valence electrons. The summed E-state index contributed by atoms with van der Waals surface area (Å²) in [5.74, 6) is 1.27. The third-order valence-electron chi connectivity index (χ3n) is 3.15. The quantitative estimate of drug-likeness (QED) is 0.719. The van der Waals surface area contributed by atoms with Crippen LogP contribution in [-0.2, 0) is 13.6 Å². The van der Waals surface area contributed by atoms with Gasteiger partial charge in [0.05, 0.1) is 5.69 Å². The number of H-pyrrole nitrogens is 1. The van der Waals surface area contributed by atoms with Gasteiger partial charge in [-0.05, 0) is 13.8 Å². The van der Waals surface area contributed by atoms with Crippen LogP contribution in [0.25, 0.3) is 5.65 Å². The maximum atomic E-state index is 11.5. The third kappa shape index (κ3) is 2.04. The van der Waals surface area contributed by atoms with Crippen molar-refractivity contribution >= 4 is 11.5 Å². The van der Waals surface area contributed by atoms with Crippen molar-refractivity contribution in [3.8, 4) is 0 Å². The van der Waals surface area contributed by atoms with Gasteiger partial charge in [0, 0.05) is 31.4 Å². The number of fused-ring (bicyclic) bond motifs is 1. The van der Waals surface area contributed by atoms with E-state index in [-0.39, 0.29) is 5.69 Å². The molecule has 2 N–H and O–H groups in total. The van der Waals surface area contributed by atoms with Crippen molar-refractivity contribution in [1.29, 1.82) is 0 Å². The molecule has 0 fully saturated rings. The molecular weight excluding hydrogens is 258 g/mol. The molecule has 0 aliphatic heterocycles. The molecule has 0 saturated carbocycles. The second-order valence-electron chi connectivity index (χ2n) is 4.68. The van der Waals surface area contributed by atoms with Crippen LogP contribution < -0.4 is 11.0 Å². The standard InChI is InChI=1S/C12H15N7O/c1-7-9(6-18(3)17-7)5-13-10-4-11-15-16-12(20)19(11)8(2)14-10/h4,6,13H,5H2,1-3H3,(H,16,20). The first-order chi connectivity index (χ1) is 9.54. The minimum absolute atomic E-state index is 0.278. The zero-order chi connectivity index (χ0) is 14.3. The van der Waals surface area contributed by atoms with Gasteiger partial charge < -0.3 is 5.32 Å². The Bertz CT molecular complexity index is 826. The Morgan fingerprint density at radius 2 is 2.20 bits per heavy atom. The molecule has 0 amide bonds. The number of nitrogens with one attached hydrogen (secondary N) is 2. The second kappa shape index (κ2) is 4.48. The number of nitrogens with zero attached hydrogens (tertiary/aromatic N) is 5. The van der Waals surface area contributed by atoms with Crippen LogP contribution in [0.4, 0.5) is 5.82 Å². The number of aryl methyl sites for hydroxylation is 3. The van der Waals surface area contributed by atoms with E-state index < -0.39 is 0 Å². The van der Waals surface area contributed by atoms with Crippen molar-refractivity contribution < 1.29 is 0 Å². The lowest BCUT2D eigenvalue weighted by atomic mass is 10.2. The molecule has 8 heteroatoms. The van der Waals surface area contributed by atoms with Crippen LogP contribution in [-0.4, -0.2) is 29.4 Å². The number of anilines is 1. The van der Waals surface area contributed by atoms with Crippen molar-refractivity contribution in [3.05, 3.63) is 39.8 Å². The minimum Gasteiger partial charge on any atom is -0.366 e. The molecule has 0 atom stereocenters. The van der Waals surface area contributed by atoms with Crippen molar-refractivity contribution in [2.75, 3.05) is 5.32 Å². The van der Waals surface area contributed by atoms with E-state index in [0.29, 0.717) is 23.8 Å². The Morgan fingerprint density at radius 1 is 1.40 bits per heavy atom. The molecule has 0 aliphatic rings. The van der Waals surface area contributed by atoms with Crippen molar-refractivity contribution in [3.63, 3.8) is 0 Å². The Hall–Kier alpha value is -2.64. The highest BCUT2D eigenvalue weighted by Gasteiger charge is 2.08. The Morgan fingerprint density at radius 3 is 2.90 bits per heavy atom. The number of hydrogen-bond acceptors (Lipinski definition) is 5. The largest absolute Gasteiger partial charge is 0.366 e. The van der Waals surface area contributed by atoms with Crippen molar-refractivity contribution in [2.45, 2.75) is 20.4 Å². The van der Waals surface area contributed by atoms with Gasteiger partial charge in [0.2, 0.25) is 0 Å². The van der Waals surface area contributed by atoms with Gasteiger partial charge in [-0.1, -0.05) is 0 Å². The first kappa shape index (κ1) is 12.4. The number of rotatable bonds is 3. The van der Waals surface area contributed by atoms with Crippen LogP contribution in [0.2, 0.25) is 0 Å². The summed E-state index contributed by atoms with van der Waals surface area (Å²) < 4.78 is 3.21. The van der Waals surface area contributed by atoms with Gasteiger partial charge in [0.1, 0.15) is 11.6 Å². The monoisotopic (exact) mass is 273 g/mol. The summed E-state index contributed by atoms with van der Waals surface area (Å²) in [6.07, 6.45) is 1.97. The fourth-order valence-corrected chi connectivity index (χ4v) is 2.20. The Balaban J connectivity index is 1.88. The highest BCUT2D eigenvalue weighted by atomic mass is 16.1. The summed E-state index contributed by atoms with van der Waals surface area (Å²) in [7, 11) is 1.89. The van der Waals surface area contributed by atoms with Gasteiger partial charge in [-0.15, -0.1) is 0 Å². The Kier molecular flexibility index (Phi) is 2.78. The van der Waals surface area contributed by atoms with Crippen LogP contribution in [0.1, 0.15) is 17.1 Å². The van der Waals surface area contributed by atoms with Gasteiger partial charge in [0.15, 0.2) is 5.65 Å². The summed E-state index contributed by atoms with van der Waals surface area (Å²) in [5, 5.41) is 13.9. The van der Waals surface area contributed by atoms with E-state index in [9.17, 15) is 4.79 Å². The molecule has 3 aromatic rings. The van der Waals surface area contributed by atoms with Gasteiger partial charge in [-0.3, -0.25) is 4.68 Å². The molecule has 0 bridgehead atoms. The van der Waals surface area contributed by atoms with Crippen molar-refractivity contribution in [2.24, 2.45) is 7.05 Å². The van der Waals surface area contributed by atoms with Crippen molar-refractivity contribution in [1.82, 2.24) is 29.4 Å². The molecule has 20 heavy (non-hydrogen) atoms. The van der Waals surface area contributed by atoms with E-state index in [2.05, 4.69) is 25.6 Å². The molecule has 3 rings (SSSR count). The average Bonchev–Trinajstić information content (AvgIpc) is 2.90. The fourth-order valence-electron chi connectivity index (χ4n) is 2.20. The van der Waals surface area contributed by atoms with Gasteiger partial charge in [0.25, 0.3) is 0 Å². The summed E-state index contributed by atoms with van der Waals surface area (Å²) in [5.41, 5.74) is 2.35. The van der Waals surface area contributed by atoms with Gasteiger partial charge >= 0.3 is 5.69 Å². The van der Waals surface area contributed by atoms with E-state index in [4.69, 9.17) is 0 Å². The Labute approximate surface area is 114 Å². The fraction of sp³-hybridized carbons (Fsp3) is 0.333. The van der Waals surface area contributed by atoms with Crippen LogP contribution in [0.15, 0.2) is 17.1 Å². The molecule has 0 radical (unpaired) electrons. The average molecular weight is 273 g/mol. The maximum Gasteiger partial charge on any atom is 0.349 e. The number of hydrogen-bond donors (Lipinski definition) is 2. The number of aromatic amines is 1. The number of aromatic nitrogens is 6. The summed E-state index contributed by atoms with van der Waals surface area (Å²) in [6.45, 7) is 4.35. The lowest BCUT2D eigenvalue weighted by Gasteiger charge is -2.06. The normalized spacial score (nSPS) is 11.2. The molecule has 0 aliphatic carbocycles. The third-order valence-corrected chi connectivity index (χ3v) is 3.15. The zero-order valence-electron chi connectivity index (χ0n) is 11.5. The summed E-state index contributed by atoms with van der Waals surface area (Å²) >= 11 is 0. The molecule has 0 spiro atoms. The lowest BCUT2D eigenvalue weighted by molar-refractivity contribution is 0.756. The lowest BCUT2D eigenvalue weighted by Crippen LogP contribution is -2.14. The van der Waals surface area contributed by atoms with E-state index in [1.165, 1.54) is 4.40 Å². The highest BCUT2D eigenvalue weighted by Crippen LogP contribution is 2.11. The molecule has 0 aromatic carbocycles. The molecule has 0 saturated heterocycles. The molecule has 3 heterocycles. The molecule has 3 aromatic heterocycles. The first-order valence-electron chi connectivity index (χ1n) is 6.22. The smallest absolute Gasteiger partial charge is 0.349 e. The minimum atomic E-state index is -0.278. The predicted molar refractivity (Wildman–Crippen MR) is 73.6 cm³/mol. The van der Waals surface area contributed by atoms with Crippen LogP contribution in [0.3, 0.4) is 0 Å². The first-order valence-corrected chi connectivity index (χ1v) is 6.22. The highest BCUT2D eigenvalue weighted by molar-refractivity contribution is 5.49. The van der Waals surface area contributed by atoms with Crippen LogP contribution in [0, 0.1) is 13.8 Å². The van der Waals surface area contributed by atoms with Gasteiger partial charge in [-0.2, -0.15) is 10.2 Å². The van der Waals surface area contributed by atoms with Crippen LogP contribution >= 0.6 is 0 Å². The zero-order valence-corrected chi connectivity index (χ0v) is 11.5. The van der Waals surface area contributed by atoms with E-state index >= 15 is 0 Å². The molecular formula is C12H15N7O. The predicted octanol–water partition coefficient (Wildman–Crippen LogP) is 0.380. The molecule has 0 unspecified atom stereocenters. The van der Waals surface area contributed by atoms with Gasteiger partial charge in [-0.25, -0.2) is 19.3 Å².